The van der Waals surface area contributed by atoms with E-state index in [1.165, 1.54) is 12.7 Å². The smallest absolute Gasteiger partial charge is 0.208 e. The van der Waals surface area contributed by atoms with Gasteiger partial charge in [-0.25, -0.2) is 13.1 Å². The van der Waals surface area contributed by atoms with Gasteiger partial charge in [0.15, 0.2) is 0 Å². The first-order valence-corrected chi connectivity index (χ1v) is 7.10. The first kappa shape index (κ1) is 11.9. The molecular formula is C9H20N2O2S. The van der Waals surface area contributed by atoms with Gasteiger partial charge in [-0.3, -0.25) is 0 Å². The van der Waals surface area contributed by atoms with Crippen molar-refractivity contribution in [1.82, 2.24) is 9.62 Å². The highest BCUT2D eigenvalue weighted by molar-refractivity contribution is 7.88. The molecule has 84 valence electrons. The van der Waals surface area contributed by atoms with Gasteiger partial charge in [0, 0.05) is 6.04 Å². The van der Waals surface area contributed by atoms with Crippen molar-refractivity contribution in [1.29, 1.82) is 0 Å². The molecule has 4 nitrogen and oxygen atoms in total. The van der Waals surface area contributed by atoms with Gasteiger partial charge >= 0.3 is 0 Å². The first-order valence-electron chi connectivity index (χ1n) is 5.21. The molecular weight excluding hydrogens is 200 g/mol. The van der Waals surface area contributed by atoms with E-state index in [9.17, 15) is 8.42 Å². The van der Waals surface area contributed by atoms with Gasteiger partial charge in [0.05, 0.1) is 6.26 Å². The number of nitrogens with zero attached hydrogens (tertiary/aromatic N) is 1. The normalized spacial score (nSPS) is 21.3. The summed E-state index contributed by atoms with van der Waals surface area (Å²) in [4.78, 5) is 2.39. The fourth-order valence-electron chi connectivity index (χ4n) is 1.89. The summed E-state index contributed by atoms with van der Waals surface area (Å²) in [6.07, 6.45) is 4.27. The van der Waals surface area contributed by atoms with Crippen LogP contribution in [0.4, 0.5) is 0 Å². The van der Waals surface area contributed by atoms with Crippen LogP contribution < -0.4 is 4.72 Å². The molecule has 1 aliphatic rings. The van der Waals surface area contributed by atoms with E-state index in [2.05, 4.69) is 16.5 Å². The summed E-state index contributed by atoms with van der Waals surface area (Å²) in [5.41, 5.74) is 0. The fraction of sp³-hybridized carbons (Fsp3) is 1.00. The van der Waals surface area contributed by atoms with Crippen LogP contribution in [0.5, 0.6) is 0 Å². The molecule has 1 saturated heterocycles. The summed E-state index contributed by atoms with van der Waals surface area (Å²) in [5, 5.41) is 0. The number of sulfonamides is 1. The number of hydrogen-bond donors (Lipinski definition) is 1. The molecule has 1 fully saturated rings. The minimum Gasteiger partial charge on any atom is -0.303 e. The molecule has 0 spiro atoms. The Morgan fingerprint density at radius 2 is 1.93 bits per heavy atom. The van der Waals surface area contributed by atoms with Gasteiger partial charge in [-0.1, -0.05) is 6.92 Å². The number of piperidine rings is 1. The molecule has 0 radical (unpaired) electrons. The Bertz CT molecular complexity index is 256. The fourth-order valence-corrected chi connectivity index (χ4v) is 2.73. The average Bonchev–Trinajstić information content (AvgIpc) is 2.06. The van der Waals surface area contributed by atoms with Crippen LogP contribution in [0.1, 0.15) is 26.2 Å². The molecule has 0 aromatic heterocycles. The van der Waals surface area contributed by atoms with E-state index in [1.807, 2.05) is 0 Å². The van der Waals surface area contributed by atoms with Gasteiger partial charge in [0.25, 0.3) is 0 Å². The molecule has 0 bridgehead atoms. The van der Waals surface area contributed by atoms with Crippen molar-refractivity contribution in [3.05, 3.63) is 0 Å². The van der Waals surface area contributed by atoms with Crippen LogP contribution in [-0.2, 0) is 10.0 Å². The van der Waals surface area contributed by atoms with Crippen LogP contribution in [0.25, 0.3) is 0 Å². The first-order chi connectivity index (χ1) is 6.51. The third kappa shape index (κ3) is 4.39. The Kier molecular flexibility index (Phi) is 4.34. The highest BCUT2D eigenvalue weighted by Gasteiger charge is 2.20. The summed E-state index contributed by atoms with van der Waals surface area (Å²) < 4.78 is 24.6. The van der Waals surface area contributed by atoms with E-state index in [0.717, 1.165) is 32.5 Å². The molecule has 1 aliphatic heterocycles. The molecule has 1 N–H and O–H groups in total. The zero-order chi connectivity index (χ0) is 10.6. The Labute approximate surface area is 86.7 Å². The summed E-state index contributed by atoms with van der Waals surface area (Å²) in [6, 6.07) is 0.151. The number of likely N-dealkylation sites (tertiary alicyclic amines) is 1. The van der Waals surface area contributed by atoms with Gasteiger partial charge < -0.3 is 4.90 Å². The van der Waals surface area contributed by atoms with Gasteiger partial charge in [0.1, 0.15) is 0 Å². The summed E-state index contributed by atoms with van der Waals surface area (Å²) >= 11 is 0. The lowest BCUT2D eigenvalue weighted by Crippen LogP contribution is -2.44. The molecule has 1 heterocycles. The standard InChI is InChI=1S/C9H20N2O2S/c1-3-6-11-7-4-9(5-8-11)10-14(2,12)13/h9-10H,3-8H2,1-2H3. The molecule has 0 aliphatic carbocycles. The van der Waals surface area contributed by atoms with E-state index in [1.54, 1.807) is 0 Å². The van der Waals surface area contributed by atoms with Crippen LogP contribution >= 0.6 is 0 Å². The molecule has 14 heavy (non-hydrogen) atoms. The van der Waals surface area contributed by atoms with Crippen molar-refractivity contribution in [2.75, 3.05) is 25.9 Å². The van der Waals surface area contributed by atoms with Crippen molar-refractivity contribution in [3.8, 4) is 0 Å². The molecule has 0 amide bonds. The van der Waals surface area contributed by atoms with Crippen LogP contribution in [0.15, 0.2) is 0 Å². The maximum atomic E-state index is 11.0. The Balaban J connectivity index is 2.29. The number of rotatable bonds is 4. The quantitative estimate of drug-likeness (QED) is 0.746. The van der Waals surface area contributed by atoms with Crippen LogP contribution in [0, 0.1) is 0 Å². The molecule has 1 rings (SSSR count). The Morgan fingerprint density at radius 1 is 1.36 bits per heavy atom. The highest BCUT2D eigenvalue weighted by atomic mass is 32.2. The van der Waals surface area contributed by atoms with E-state index >= 15 is 0 Å². The van der Waals surface area contributed by atoms with E-state index < -0.39 is 10.0 Å². The molecule has 0 saturated carbocycles. The van der Waals surface area contributed by atoms with Gasteiger partial charge in [0.2, 0.25) is 10.0 Å². The predicted molar refractivity (Wildman–Crippen MR) is 57.7 cm³/mol. The SMILES string of the molecule is CCCN1CCC(NS(C)(=O)=O)CC1. The maximum Gasteiger partial charge on any atom is 0.208 e. The van der Waals surface area contributed by atoms with Gasteiger partial charge in [-0.05, 0) is 38.9 Å². The number of nitrogens with one attached hydrogen (secondary N) is 1. The molecule has 0 unspecified atom stereocenters. The zero-order valence-electron chi connectivity index (χ0n) is 8.99. The van der Waals surface area contributed by atoms with Crippen LogP contribution in [-0.4, -0.2) is 45.2 Å². The van der Waals surface area contributed by atoms with Crippen molar-refractivity contribution in [2.24, 2.45) is 0 Å². The molecule has 0 aromatic rings. The van der Waals surface area contributed by atoms with Crippen molar-refractivity contribution >= 4 is 10.0 Å². The Hall–Kier alpha value is -0.130. The van der Waals surface area contributed by atoms with Crippen molar-refractivity contribution < 1.29 is 8.42 Å². The summed E-state index contributed by atoms with van der Waals surface area (Å²) in [7, 11) is -3.02. The van der Waals surface area contributed by atoms with E-state index in [-0.39, 0.29) is 6.04 Å². The minimum absolute atomic E-state index is 0.151. The third-order valence-electron chi connectivity index (χ3n) is 2.51. The second-order valence-electron chi connectivity index (χ2n) is 4.01. The Morgan fingerprint density at radius 3 is 2.36 bits per heavy atom. The van der Waals surface area contributed by atoms with Crippen molar-refractivity contribution in [2.45, 2.75) is 32.2 Å². The third-order valence-corrected chi connectivity index (χ3v) is 3.27. The highest BCUT2D eigenvalue weighted by Crippen LogP contribution is 2.10. The topological polar surface area (TPSA) is 49.4 Å². The molecule has 0 aromatic carbocycles. The van der Waals surface area contributed by atoms with Crippen molar-refractivity contribution in [3.63, 3.8) is 0 Å². The summed E-state index contributed by atoms with van der Waals surface area (Å²) in [5.74, 6) is 0. The number of hydrogen-bond acceptors (Lipinski definition) is 3. The second kappa shape index (κ2) is 5.09. The molecule has 5 heteroatoms. The maximum absolute atomic E-state index is 11.0. The lowest BCUT2D eigenvalue weighted by molar-refractivity contribution is 0.208. The van der Waals surface area contributed by atoms with Gasteiger partial charge in [-0.2, -0.15) is 0 Å². The minimum atomic E-state index is -3.02. The summed E-state index contributed by atoms with van der Waals surface area (Å²) in [6.45, 7) is 5.33. The van der Waals surface area contributed by atoms with E-state index in [0.29, 0.717) is 0 Å². The lowest BCUT2D eigenvalue weighted by atomic mass is 10.1. The largest absolute Gasteiger partial charge is 0.303 e. The van der Waals surface area contributed by atoms with Crippen LogP contribution in [0.3, 0.4) is 0 Å². The lowest BCUT2D eigenvalue weighted by Gasteiger charge is -2.31. The predicted octanol–water partition coefficient (Wildman–Crippen LogP) is 0.410. The van der Waals surface area contributed by atoms with Crippen LogP contribution in [0.2, 0.25) is 0 Å². The van der Waals surface area contributed by atoms with Gasteiger partial charge in [-0.15, -0.1) is 0 Å². The monoisotopic (exact) mass is 220 g/mol. The van der Waals surface area contributed by atoms with E-state index in [4.69, 9.17) is 0 Å². The average molecular weight is 220 g/mol. The second-order valence-corrected chi connectivity index (χ2v) is 5.79. The zero-order valence-corrected chi connectivity index (χ0v) is 9.81. The molecule has 0 atom stereocenters.